The maximum atomic E-state index is 13.2. The molecule has 2 aliphatic rings. The van der Waals surface area contributed by atoms with E-state index >= 15 is 0 Å². The average Bonchev–Trinajstić information content (AvgIpc) is 2.99. The molecular formula is C25H25F3N6O2. The van der Waals surface area contributed by atoms with Crippen LogP contribution in [0.2, 0.25) is 0 Å². The fraction of sp³-hybridized carbons (Fsp3) is 0.360. The van der Waals surface area contributed by atoms with Gasteiger partial charge in [-0.2, -0.15) is 13.2 Å². The summed E-state index contributed by atoms with van der Waals surface area (Å²) in [5, 5.41) is 5.75. The van der Waals surface area contributed by atoms with Gasteiger partial charge in [0.2, 0.25) is 11.9 Å². The minimum atomic E-state index is -4.52. The Morgan fingerprint density at radius 1 is 1.14 bits per heavy atom. The number of aromatic nitrogens is 3. The van der Waals surface area contributed by atoms with Crippen molar-refractivity contribution in [2.24, 2.45) is 0 Å². The predicted molar refractivity (Wildman–Crippen MR) is 128 cm³/mol. The molecule has 1 fully saturated rings. The van der Waals surface area contributed by atoms with Crippen LogP contribution >= 0.6 is 0 Å². The van der Waals surface area contributed by atoms with Gasteiger partial charge in [0.15, 0.2) is 0 Å². The average molecular weight is 499 g/mol. The van der Waals surface area contributed by atoms with E-state index in [1.807, 2.05) is 19.2 Å². The monoisotopic (exact) mass is 498 g/mol. The normalized spacial score (nSPS) is 16.1. The number of amides is 1. The molecule has 0 aliphatic carbocycles. The van der Waals surface area contributed by atoms with Gasteiger partial charge in [0.25, 0.3) is 0 Å². The number of rotatable bonds is 5. The van der Waals surface area contributed by atoms with E-state index < -0.39 is 17.6 Å². The number of morpholine rings is 1. The van der Waals surface area contributed by atoms with Crippen molar-refractivity contribution in [3.63, 3.8) is 0 Å². The van der Waals surface area contributed by atoms with Crippen LogP contribution in [0.15, 0.2) is 36.7 Å². The molecule has 5 rings (SSSR count). The number of benzene rings is 1. The molecule has 4 heterocycles. The van der Waals surface area contributed by atoms with Crippen LogP contribution in [0.5, 0.6) is 0 Å². The van der Waals surface area contributed by atoms with Crippen molar-refractivity contribution in [3.8, 4) is 11.3 Å². The maximum Gasteiger partial charge on any atom is 0.416 e. The first-order chi connectivity index (χ1) is 17.3. The fourth-order valence-electron chi connectivity index (χ4n) is 4.30. The van der Waals surface area contributed by atoms with Crippen LogP contribution in [0.3, 0.4) is 0 Å². The van der Waals surface area contributed by atoms with Gasteiger partial charge in [-0.05, 0) is 37.1 Å². The summed E-state index contributed by atoms with van der Waals surface area (Å²) < 4.78 is 45.1. The van der Waals surface area contributed by atoms with Crippen molar-refractivity contribution in [3.05, 3.63) is 59.0 Å². The molecule has 11 heteroatoms. The van der Waals surface area contributed by atoms with Crippen molar-refractivity contribution in [1.82, 2.24) is 19.9 Å². The number of hydrogen-bond acceptors (Lipinski definition) is 7. The van der Waals surface area contributed by atoms with Gasteiger partial charge in [0.05, 0.1) is 48.0 Å². The number of anilines is 3. The first kappa shape index (κ1) is 24.1. The summed E-state index contributed by atoms with van der Waals surface area (Å²) in [4.78, 5) is 28.1. The zero-order valence-corrected chi connectivity index (χ0v) is 19.7. The Labute approximate surface area is 205 Å². The van der Waals surface area contributed by atoms with Gasteiger partial charge >= 0.3 is 6.18 Å². The Kier molecular flexibility index (Phi) is 6.59. The van der Waals surface area contributed by atoms with E-state index in [4.69, 9.17) is 4.74 Å². The van der Waals surface area contributed by atoms with Gasteiger partial charge in [0, 0.05) is 43.2 Å². The number of pyridine rings is 1. The van der Waals surface area contributed by atoms with Crippen LogP contribution in [-0.2, 0) is 28.5 Å². The molecule has 2 N–H and O–H groups in total. The second-order valence-corrected chi connectivity index (χ2v) is 8.86. The Morgan fingerprint density at radius 3 is 2.72 bits per heavy atom. The van der Waals surface area contributed by atoms with Crippen LogP contribution < -0.4 is 10.6 Å². The fourth-order valence-corrected chi connectivity index (χ4v) is 4.30. The molecule has 0 unspecified atom stereocenters. The summed E-state index contributed by atoms with van der Waals surface area (Å²) in [6, 6.07) is 5.26. The summed E-state index contributed by atoms with van der Waals surface area (Å²) in [6.45, 7) is 6.09. The minimum absolute atomic E-state index is 0.0384. The third kappa shape index (κ3) is 5.31. The molecule has 1 aromatic carbocycles. The standard InChI is InChI=1S/C25H25F3N6O2/c1-15-20(10-16(13-29-15)4-5-34-6-8-36-9-7-34)32-24-30-14-17-11-22(35)31-21-12-18(25(26,27)28)2-3-19(21)23(17)33-24/h2-3,10,12-14H,4-9,11H2,1H3,(H,31,35)(H,30,32,33). The molecule has 1 amide bonds. The zero-order valence-electron chi connectivity index (χ0n) is 19.7. The first-order valence-corrected chi connectivity index (χ1v) is 11.7. The van der Waals surface area contributed by atoms with E-state index in [9.17, 15) is 18.0 Å². The summed E-state index contributed by atoms with van der Waals surface area (Å²) in [6.07, 6.45) is -0.351. The molecule has 0 spiro atoms. The van der Waals surface area contributed by atoms with Gasteiger partial charge in [0.1, 0.15) is 0 Å². The number of ether oxygens (including phenoxy) is 1. The van der Waals surface area contributed by atoms with E-state index in [1.54, 1.807) is 0 Å². The van der Waals surface area contributed by atoms with Gasteiger partial charge < -0.3 is 15.4 Å². The number of nitrogens with one attached hydrogen (secondary N) is 2. The number of fused-ring (bicyclic) bond motifs is 3. The summed E-state index contributed by atoms with van der Waals surface area (Å²) in [5.41, 5.74) is 3.14. The lowest BCUT2D eigenvalue weighted by Gasteiger charge is -2.26. The smallest absolute Gasteiger partial charge is 0.379 e. The summed E-state index contributed by atoms with van der Waals surface area (Å²) >= 11 is 0. The quantitative estimate of drug-likeness (QED) is 0.550. The van der Waals surface area contributed by atoms with E-state index in [0.29, 0.717) is 16.8 Å². The van der Waals surface area contributed by atoms with Crippen LogP contribution in [0, 0.1) is 6.92 Å². The Balaban J connectivity index is 1.41. The third-order valence-corrected chi connectivity index (χ3v) is 6.30. The van der Waals surface area contributed by atoms with Crippen molar-refractivity contribution in [2.45, 2.75) is 25.9 Å². The molecule has 8 nitrogen and oxygen atoms in total. The molecule has 0 bridgehead atoms. The number of carbonyl (C=O) groups excluding carboxylic acids is 1. The number of alkyl halides is 3. The number of halogens is 3. The molecule has 2 aliphatic heterocycles. The highest BCUT2D eigenvalue weighted by molar-refractivity contribution is 6.00. The molecule has 0 saturated carbocycles. The van der Waals surface area contributed by atoms with Gasteiger partial charge in [-0.15, -0.1) is 0 Å². The van der Waals surface area contributed by atoms with Crippen molar-refractivity contribution < 1.29 is 22.7 Å². The SMILES string of the molecule is Cc1ncc(CCN2CCOCC2)cc1Nc1ncc2c(n1)-c1ccc(C(F)(F)F)cc1NC(=O)C2. The van der Waals surface area contributed by atoms with E-state index in [1.165, 1.54) is 12.3 Å². The maximum absolute atomic E-state index is 13.2. The van der Waals surface area contributed by atoms with E-state index in [-0.39, 0.29) is 18.1 Å². The van der Waals surface area contributed by atoms with Crippen molar-refractivity contribution >= 4 is 23.2 Å². The third-order valence-electron chi connectivity index (χ3n) is 6.30. The van der Waals surface area contributed by atoms with Crippen LogP contribution in [0.1, 0.15) is 22.4 Å². The topological polar surface area (TPSA) is 92.3 Å². The molecule has 188 valence electrons. The van der Waals surface area contributed by atoms with Crippen LogP contribution in [0.25, 0.3) is 11.3 Å². The van der Waals surface area contributed by atoms with Gasteiger partial charge in [-0.3, -0.25) is 14.7 Å². The van der Waals surface area contributed by atoms with E-state index in [2.05, 4.69) is 30.5 Å². The second-order valence-electron chi connectivity index (χ2n) is 8.86. The number of carbonyl (C=O) groups is 1. The zero-order chi connectivity index (χ0) is 25.3. The molecular weight excluding hydrogens is 473 g/mol. The Bertz CT molecular complexity index is 1290. The molecule has 0 radical (unpaired) electrons. The first-order valence-electron chi connectivity index (χ1n) is 11.7. The lowest BCUT2D eigenvalue weighted by Crippen LogP contribution is -2.37. The highest BCUT2D eigenvalue weighted by atomic mass is 19.4. The highest BCUT2D eigenvalue weighted by Crippen LogP contribution is 2.38. The van der Waals surface area contributed by atoms with E-state index in [0.717, 1.165) is 68.3 Å². The number of aryl methyl sites for hydroxylation is 1. The van der Waals surface area contributed by atoms with Crippen LogP contribution in [0.4, 0.5) is 30.5 Å². The largest absolute Gasteiger partial charge is 0.416 e. The minimum Gasteiger partial charge on any atom is -0.379 e. The highest BCUT2D eigenvalue weighted by Gasteiger charge is 2.32. The summed E-state index contributed by atoms with van der Waals surface area (Å²) in [7, 11) is 0. The van der Waals surface area contributed by atoms with Gasteiger partial charge in [-0.25, -0.2) is 9.97 Å². The lowest BCUT2D eigenvalue weighted by molar-refractivity contribution is -0.137. The lowest BCUT2D eigenvalue weighted by atomic mass is 10.0. The molecule has 36 heavy (non-hydrogen) atoms. The number of hydrogen-bond donors (Lipinski definition) is 2. The number of nitrogens with zero attached hydrogens (tertiary/aromatic N) is 4. The Hall–Kier alpha value is -3.57. The molecule has 0 atom stereocenters. The molecule has 3 aromatic rings. The second kappa shape index (κ2) is 9.82. The van der Waals surface area contributed by atoms with Crippen molar-refractivity contribution in [1.29, 1.82) is 0 Å². The molecule has 1 saturated heterocycles. The Morgan fingerprint density at radius 2 is 1.94 bits per heavy atom. The molecule has 2 aromatic heterocycles. The summed E-state index contributed by atoms with van der Waals surface area (Å²) in [5.74, 6) is -0.157. The van der Waals surface area contributed by atoms with Gasteiger partial charge in [-0.1, -0.05) is 6.07 Å². The van der Waals surface area contributed by atoms with Crippen molar-refractivity contribution in [2.75, 3.05) is 43.5 Å². The van der Waals surface area contributed by atoms with Crippen LogP contribution in [-0.4, -0.2) is 58.6 Å². The predicted octanol–water partition coefficient (Wildman–Crippen LogP) is 3.98.